The van der Waals surface area contributed by atoms with Gasteiger partial charge in [0.25, 0.3) is 0 Å². The Kier molecular flexibility index (Phi) is 4.04. The van der Waals surface area contributed by atoms with Gasteiger partial charge in [-0.15, -0.1) is 0 Å². The van der Waals surface area contributed by atoms with Gasteiger partial charge in [0.15, 0.2) is 5.78 Å². The lowest BCUT2D eigenvalue weighted by atomic mass is 9.98. The first kappa shape index (κ1) is 15.9. The minimum atomic E-state index is -5.20. The minimum Gasteiger partial charge on any atom is -0.294 e. The summed E-state index contributed by atoms with van der Waals surface area (Å²) in [5.74, 6) is -1.17. The summed E-state index contributed by atoms with van der Waals surface area (Å²) < 4.78 is 75.8. The number of hydrogen-bond donors (Lipinski definition) is 0. The molecule has 3 nitrogen and oxygen atoms in total. The van der Waals surface area contributed by atoms with Crippen molar-refractivity contribution in [2.45, 2.75) is 19.3 Å². The van der Waals surface area contributed by atoms with Crippen LogP contribution in [-0.4, -0.2) is 11.9 Å². The molecule has 1 rings (SSSR count). The van der Waals surface area contributed by atoms with Crippen LogP contribution in [0.3, 0.4) is 0 Å². The second-order valence-corrected chi connectivity index (χ2v) is 3.67. The Balaban J connectivity index is 3.83. The predicted octanol–water partition coefficient (Wildman–Crippen LogP) is 3.89. The zero-order chi connectivity index (χ0) is 15.7. The van der Waals surface area contributed by atoms with Gasteiger partial charge in [0.05, 0.1) is 22.4 Å². The highest BCUT2D eigenvalue weighted by Crippen LogP contribution is 2.41. The van der Waals surface area contributed by atoms with Crippen LogP contribution in [0.25, 0.3) is 0 Å². The van der Waals surface area contributed by atoms with E-state index in [1.807, 2.05) is 0 Å². The van der Waals surface area contributed by atoms with Gasteiger partial charge in [-0.25, -0.2) is 4.79 Å². The van der Waals surface area contributed by atoms with Crippen LogP contribution in [0.2, 0.25) is 0 Å². The molecule has 0 unspecified atom stereocenters. The Morgan fingerprint density at radius 1 is 1.10 bits per heavy atom. The number of alkyl halides is 6. The quantitative estimate of drug-likeness (QED) is 0.360. The third-order valence-corrected chi connectivity index (χ3v) is 2.27. The number of carbonyl (C=O) groups excluding carboxylic acids is 2. The third kappa shape index (κ3) is 3.24. The van der Waals surface area contributed by atoms with Crippen molar-refractivity contribution < 1.29 is 35.9 Å². The van der Waals surface area contributed by atoms with Gasteiger partial charge >= 0.3 is 12.4 Å². The predicted molar refractivity (Wildman–Crippen MR) is 54.2 cm³/mol. The fourth-order valence-corrected chi connectivity index (χ4v) is 1.52. The van der Waals surface area contributed by atoms with Crippen molar-refractivity contribution in [3.63, 3.8) is 0 Å². The maximum atomic E-state index is 12.7. The minimum absolute atomic E-state index is 0.191. The highest BCUT2D eigenvalue weighted by molar-refractivity contribution is 6.01. The second-order valence-electron chi connectivity index (χ2n) is 3.67. The molecule has 0 radical (unpaired) electrons. The molecule has 0 bridgehead atoms. The summed E-state index contributed by atoms with van der Waals surface area (Å²) >= 11 is 0. The van der Waals surface area contributed by atoms with Gasteiger partial charge < -0.3 is 0 Å². The molecule has 0 amide bonds. The molecule has 0 spiro atoms. The number of nitrogens with zero attached hydrogens (tertiary/aromatic N) is 1. The van der Waals surface area contributed by atoms with Crippen molar-refractivity contribution in [1.82, 2.24) is 0 Å². The van der Waals surface area contributed by atoms with Crippen LogP contribution >= 0.6 is 0 Å². The van der Waals surface area contributed by atoms with E-state index >= 15 is 0 Å². The van der Waals surface area contributed by atoms with E-state index in [1.165, 1.54) is 0 Å². The Bertz CT molecular complexity index is 596. The number of rotatable bonds is 2. The number of halogens is 6. The van der Waals surface area contributed by atoms with E-state index in [4.69, 9.17) is 0 Å². The topological polar surface area (TPSA) is 46.5 Å². The summed E-state index contributed by atoms with van der Waals surface area (Å²) in [6.07, 6.45) is -9.46. The molecule has 1 aromatic rings. The van der Waals surface area contributed by atoms with Gasteiger partial charge in [0.1, 0.15) is 0 Å². The molecule has 1 aromatic carbocycles. The van der Waals surface area contributed by atoms with Crippen molar-refractivity contribution in [1.29, 1.82) is 0 Å². The first-order valence-corrected chi connectivity index (χ1v) is 4.89. The molecule has 108 valence electrons. The monoisotopic (exact) mass is 297 g/mol. The van der Waals surface area contributed by atoms with E-state index in [2.05, 4.69) is 4.99 Å². The third-order valence-electron chi connectivity index (χ3n) is 2.27. The van der Waals surface area contributed by atoms with Crippen LogP contribution in [0.1, 0.15) is 28.4 Å². The van der Waals surface area contributed by atoms with Crippen molar-refractivity contribution in [2.24, 2.45) is 4.99 Å². The van der Waals surface area contributed by atoms with Crippen molar-refractivity contribution in [3.05, 3.63) is 28.8 Å². The number of Topliss-reactive ketones (excluding diaryl/α,β-unsaturated/α-hetero) is 1. The number of hydrogen-bond acceptors (Lipinski definition) is 3. The smallest absolute Gasteiger partial charge is 0.294 e. The van der Waals surface area contributed by atoms with Crippen LogP contribution in [0.15, 0.2) is 17.1 Å². The normalized spacial score (nSPS) is 11.9. The van der Waals surface area contributed by atoms with Gasteiger partial charge in [0, 0.05) is 0 Å². The average molecular weight is 297 g/mol. The largest absolute Gasteiger partial charge is 0.417 e. The summed E-state index contributed by atoms with van der Waals surface area (Å²) in [4.78, 5) is 24.1. The van der Waals surface area contributed by atoms with Gasteiger partial charge in [-0.3, -0.25) is 4.79 Å². The molecular formula is C11H5F6NO2. The van der Waals surface area contributed by atoms with Crippen LogP contribution in [0, 0.1) is 0 Å². The first-order chi connectivity index (χ1) is 8.98. The Hall–Kier alpha value is -2.15. The van der Waals surface area contributed by atoms with E-state index in [-0.39, 0.29) is 12.1 Å². The lowest BCUT2D eigenvalue weighted by Crippen LogP contribution is -2.15. The second kappa shape index (κ2) is 5.09. The lowest BCUT2D eigenvalue weighted by molar-refractivity contribution is -0.143. The van der Waals surface area contributed by atoms with Gasteiger partial charge in [0.2, 0.25) is 6.08 Å². The Morgan fingerprint density at radius 3 is 2.00 bits per heavy atom. The van der Waals surface area contributed by atoms with Crippen LogP contribution in [0.5, 0.6) is 0 Å². The molecule has 0 fully saturated rings. The van der Waals surface area contributed by atoms with Gasteiger partial charge in [-0.2, -0.15) is 31.3 Å². The fourth-order valence-electron chi connectivity index (χ4n) is 1.52. The highest BCUT2D eigenvalue weighted by Gasteiger charge is 2.40. The number of aliphatic imine (C=N–C) groups is 1. The van der Waals surface area contributed by atoms with E-state index in [9.17, 15) is 35.9 Å². The first-order valence-electron chi connectivity index (χ1n) is 4.89. The van der Waals surface area contributed by atoms with Crippen LogP contribution in [0.4, 0.5) is 32.0 Å². The molecule has 9 heteroatoms. The van der Waals surface area contributed by atoms with Crippen molar-refractivity contribution in [2.75, 3.05) is 0 Å². The average Bonchev–Trinajstić information content (AvgIpc) is 2.25. The number of benzene rings is 1. The van der Waals surface area contributed by atoms with E-state index < -0.39 is 40.5 Å². The van der Waals surface area contributed by atoms with Crippen LogP contribution < -0.4 is 0 Å². The molecule has 0 atom stereocenters. The molecule has 20 heavy (non-hydrogen) atoms. The lowest BCUT2D eigenvalue weighted by Gasteiger charge is -2.16. The zero-order valence-corrected chi connectivity index (χ0v) is 9.69. The Labute approximate surface area is 107 Å². The Morgan fingerprint density at radius 2 is 1.65 bits per heavy atom. The molecule has 0 N–H and O–H groups in total. The summed E-state index contributed by atoms with van der Waals surface area (Å²) in [7, 11) is 0. The standard InChI is InChI=1S/C11H5F6NO2/c1-5(20)9-7(11(15,16)17)2-6(10(12,13)14)3-8(9)18-4-19/h2-3H,1H3. The fraction of sp³-hybridized carbons (Fsp3) is 0.273. The zero-order valence-electron chi connectivity index (χ0n) is 9.69. The van der Waals surface area contributed by atoms with Gasteiger partial charge in [-0.1, -0.05) is 0 Å². The molecular weight excluding hydrogens is 292 g/mol. The van der Waals surface area contributed by atoms with E-state index in [1.54, 1.807) is 0 Å². The van der Waals surface area contributed by atoms with Gasteiger partial charge in [-0.05, 0) is 19.1 Å². The molecule has 0 aliphatic rings. The number of isocyanates is 1. The molecule has 0 aliphatic heterocycles. The number of carbonyl (C=O) groups is 1. The van der Waals surface area contributed by atoms with Crippen molar-refractivity contribution >= 4 is 17.6 Å². The maximum Gasteiger partial charge on any atom is 0.417 e. The highest BCUT2D eigenvalue weighted by atomic mass is 19.4. The molecule has 0 aliphatic carbocycles. The molecule has 0 saturated heterocycles. The molecule has 0 saturated carbocycles. The number of ketones is 1. The van der Waals surface area contributed by atoms with Crippen LogP contribution in [-0.2, 0) is 17.1 Å². The molecule has 0 aromatic heterocycles. The summed E-state index contributed by atoms with van der Waals surface area (Å²) in [6.45, 7) is 0.724. The summed E-state index contributed by atoms with van der Waals surface area (Å²) in [5.41, 5.74) is -5.58. The maximum absolute atomic E-state index is 12.7. The van der Waals surface area contributed by atoms with Crippen molar-refractivity contribution in [3.8, 4) is 0 Å². The summed E-state index contributed by atoms with van der Waals surface area (Å²) in [5, 5.41) is 0. The van der Waals surface area contributed by atoms with E-state index in [0.717, 1.165) is 13.0 Å². The summed E-state index contributed by atoms with van der Waals surface area (Å²) in [6, 6.07) is -0.00255. The van der Waals surface area contributed by atoms with E-state index in [0.29, 0.717) is 0 Å². The molecule has 0 heterocycles. The SMILES string of the molecule is CC(=O)c1c(N=C=O)cc(C(F)(F)F)cc1C(F)(F)F.